The molecule has 0 bridgehead atoms. The van der Waals surface area contributed by atoms with Crippen LogP contribution in [0.5, 0.6) is 17.2 Å². The summed E-state index contributed by atoms with van der Waals surface area (Å²) < 4.78 is 27.3. The van der Waals surface area contributed by atoms with E-state index < -0.39 is 24.3 Å². The first kappa shape index (κ1) is 34.3. The summed E-state index contributed by atoms with van der Waals surface area (Å²) in [5.41, 5.74) is 5.95. The van der Waals surface area contributed by atoms with Crippen LogP contribution < -0.4 is 30.3 Å². The second-order valence-electron chi connectivity index (χ2n) is 10.2. The highest BCUT2D eigenvalue weighted by atomic mass is 16.5. The lowest BCUT2D eigenvalue weighted by Gasteiger charge is -2.28. The molecule has 1 heterocycles. The standard InChI is InChI=1S/C34H38N4O9/c1-5-44-28-17-25(31-30(33(41)43-4)21(3)36-34(42)37-31)14-15-27(28)47-20-29(39)38-35-18-23-8-7-9-26(16-23)46-19-22-10-12-24(13-11-22)32(40)45-6-2/h7-18,29,31,38-39H,5-6,19-20H2,1-4H3,(H2,36,37,42)/b35-18+/t29-,31+/m0/s1. The van der Waals surface area contributed by atoms with Gasteiger partial charge in [-0.25, -0.2) is 14.4 Å². The third-order valence-corrected chi connectivity index (χ3v) is 6.84. The van der Waals surface area contributed by atoms with Crippen LogP contribution in [0.25, 0.3) is 0 Å². The maximum absolute atomic E-state index is 12.4. The molecule has 0 aliphatic carbocycles. The number of carbonyl (C=O) groups excluding carboxylic acids is 3. The van der Waals surface area contributed by atoms with E-state index in [1.165, 1.54) is 13.3 Å². The smallest absolute Gasteiger partial charge is 0.338 e. The third-order valence-electron chi connectivity index (χ3n) is 6.84. The summed E-state index contributed by atoms with van der Waals surface area (Å²) in [5, 5.41) is 19.9. The van der Waals surface area contributed by atoms with E-state index in [0.717, 1.165) is 11.1 Å². The number of nitrogens with one attached hydrogen (secondary N) is 3. The number of benzene rings is 3. The Morgan fingerprint density at radius 1 is 0.979 bits per heavy atom. The fraction of sp³-hybridized carbons (Fsp3) is 0.294. The van der Waals surface area contributed by atoms with Crippen LogP contribution in [0.2, 0.25) is 0 Å². The molecular weight excluding hydrogens is 608 g/mol. The normalized spacial score (nSPS) is 14.9. The van der Waals surface area contributed by atoms with Crippen molar-refractivity contribution >= 4 is 24.2 Å². The lowest BCUT2D eigenvalue weighted by molar-refractivity contribution is -0.136. The molecule has 0 fully saturated rings. The van der Waals surface area contributed by atoms with Crippen molar-refractivity contribution in [1.29, 1.82) is 0 Å². The average molecular weight is 647 g/mol. The molecule has 3 aromatic carbocycles. The Labute approximate surface area is 272 Å². The number of aliphatic hydroxyl groups excluding tert-OH is 1. The summed E-state index contributed by atoms with van der Waals surface area (Å²) in [4.78, 5) is 36.4. The van der Waals surface area contributed by atoms with E-state index in [2.05, 4.69) is 21.2 Å². The van der Waals surface area contributed by atoms with E-state index in [0.29, 0.717) is 53.9 Å². The number of urea groups is 1. The first-order valence-electron chi connectivity index (χ1n) is 14.9. The molecule has 1 aliphatic rings. The van der Waals surface area contributed by atoms with Crippen LogP contribution in [-0.2, 0) is 20.9 Å². The van der Waals surface area contributed by atoms with Gasteiger partial charge in [0.1, 0.15) is 19.0 Å². The van der Waals surface area contributed by atoms with E-state index in [1.54, 1.807) is 50.2 Å². The topological polar surface area (TPSA) is 166 Å². The molecule has 0 saturated carbocycles. The first-order valence-corrected chi connectivity index (χ1v) is 14.9. The Morgan fingerprint density at radius 2 is 1.77 bits per heavy atom. The number of amides is 2. The predicted molar refractivity (Wildman–Crippen MR) is 172 cm³/mol. The number of hydrogen-bond acceptors (Lipinski definition) is 11. The molecule has 4 N–H and O–H groups in total. The Morgan fingerprint density at radius 3 is 2.49 bits per heavy atom. The van der Waals surface area contributed by atoms with Gasteiger partial charge in [-0.2, -0.15) is 5.10 Å². The second-order valence-corrected chi connectivity index (χ2v) is 10.2. The van der Waals surface area contributed by atoms with Crippen LogP contribution in [-0.4, -0.2) is 62.4 Å². The maximum Gasteiger partial charge on any atom is 0.338 e. The fourth-order valence-electron chi connectivity index (χ4n) is 4.62. The largest absolute Gasteiger partial charge is 0.490 e. The van der Waals surface area contributed by atoms with Gasteiger partial charge in [0.25, 0.3) is 0 Å². The minimum Gasteiger partial charge on any atom is -0.490 e. The quantitative estimate of drug-likeness (QED) is 0.0822. The van der Waals surface area contributed by atoms with Gasteiger partial charge in [-0.15, -0.1) is 0 Å². The zero-order valence-corrected chi connectivity index (χ0v) is 26.6. The van der Waals surface area contributed by atoms with Gasteiger partial charge in [-0.3, -0.25) is 5.43 Å². The Bertz CT molecular complexity index is 1620. The van der Waals surface area contributed by atoms with Gasteiger partial charge in [0.05, 0.1) is 43.7 Å². The number of hydrogen-bond donors (Lipinski definition) is 4. The molecule has 2 amide bonds. The zero-order valence-electron chi connectivity index (χ0n) is 26.6. The average Bonchev–Trinajstić information content (AvgIpc) is 3.06. The van der Waals surface area contributed by atoms with Crippen molar-refractivity contribution in [2.75, 3.05) is 26.9 Å². The number of allylic oxidation sites excluding steroid dienone is 1. The number of nitrogens with zero attached hydrogens (tertiary/aromatic N) is 1. The monoisotopic (exact) mass is 646 g/mol. The number of carbonyl (C=O) groups is 3. The molecule has 2 atom stereocenters. The number of hydrazone groups is 1. The molecular formula is C34H38N4O9. The molecule has 47 heavy (non-hydrogen) atoms. The summed E-state index contributed by atoms with van der Waals surface area (Å²) in [7, 11) is 1.27. The number of ether oxygens (including phenoxy) is 5. The van der Waals surface area contributed by atoms with Crippen molar-refractivity contribution in [2.45, 2.75) is 39.6 Å². The van der Waals surface area contributed by atoms with E-state index in [-0.39, 0.29) is 18.1 Å². The lowest BCUT2D eigenvalue weighted by Crippen LogP contribution is -2.45. The lowest BCUT2D eigenvalue weighted by atomic mass is 9.95. The van der Waals surface area contributed by atoms with Gasteiger partial charge < -0.3 is 39.4 Å². The summed E-state index contributed by atoms with van der Waals surface area (Å²) in [6.07, 6.45) is 0.379. The van der Waals surface area contributed by atoms with Crippen LogP contribution in [0.3, 0.4) is 0 Å². The number of rotatable bonds is 15. The van der Waals surface area contributed by atoms with Crippen molar-refractivity contribution in [3.05, 3.63) is 100 Å². The number of aliphatic hydroxyl groups is 1. The predicted octanol–water partition coefficient (Wildman–Crippen LogP) is 3.96. The fourth-order valence-corrected chi connectivity index (χ4v) is 4.62. The summed E-state index contributed by atoms with van der Waals surface area (Å²) in [6, 6.07) is 18.0. The highest BCUT2D eigenvalue weighted by molar-refractivity contribution is 5.95. The van der Waals surface area contributed by atoms with E-state index in [4.69, 9.17) is 23.7 Å². The Kier molecular flexibility index (Phi) is 12.2. The SMILES string of the molecule is CCOC(=O)c1ccc(COc2cccc(/C=N/N[C@@H](O)COc3ccc([C@H]4NC(=O)NC(C)=C4C(=O)OC)cc3OCC)c2)cc1. The van der Waals surface area contributed by atoms with Crippen molar-refractivity contribution in [3.63, 3.8) is 0 Å². The first-order chi connectivity index (χ1) is 22.7. The van der Waals surface area contributed by atoms with Crippen molar-refractivity contribution in [3.8, 4) is 17.2 Å². The second kappa shape index (κ2) is 16.7. The molecule has 13 nitrogen and oxygen atoms in total. The van der Waals surface area contributed by atoms with Crippen LogP contribution in [0.1, 0.15) is 53.9 Å². The zero-order chi connectivity index (χ0) is 33.8. The molecule has 0 radical (unpaired) electrons. The van der Waals surface area contributed by atoms with Gasteiger partial charge >= 0.3 is 18.0 Å². The van der Waals surface area contributed by atoms with Gasteiger partial charge in [0.2, 0.25) is 0 Å². The van der Waals surface area contributed by atoms with Crippen molar-refractivity contribution in [1.82, 2.24) is 16.1 Å². The molecule has 0 unspecified atom stereocenters. The van der Waals surface area contributed by atoms with Crippen molar-refractivity contribution in [2.24, 2.45) is 5.10 Å². The van der Waals surface area contributed by atoms with Crippen LogP contribution >= 0.6 is 0 Å². The third kappa shape index (κ3) is 9.47. The van der Waals surface area contributed by atoms with Gasteiger partial charge in [-0.05, 0) is 73.9 Å². The minimum absolute atomic E-state index is 0.161. The Hall–Kier alpha value is -5.56. The highest BCUT2D eigenvalue weighted by Crippen LogP contribution is 2.35. The van der Waals surface area contributed by atoms with E-state index in [9.17, 15) is 19.5 Å². The molecule has 0 saturated heterocycles. The summed E-state index contributed by atoms with van der Waals surface area (Å²) in [5.74, 6) is 0.388. The van der Waals surface area contributed by atoms with Crippen LogP contribution in [0.15, 0.2) is 83.1 Å². The number of esters is 2. The van der Waals surface area contributed by atoms with Crippen molar-refractivity contribution < 1.29 is 43.2 Å². The Balaban J connectivity index is 1.32. The van der Waals surface area contributed by atoms with Crippen LogP contribution in [0, 0.1) is 0 Å². The van der Waals surface area contributed by atoms with E-state index >= 15 is 0 Å². The molecule has 3 aromatic rings. The number of methoxy groups -OCH3 is 1. The van der Waals surface area contributed by atoms with Gasteiger partial charge in [0, 0.05) is 5.70 Å². The van der Waals surface area contributed by atoms with E-state index in [1.807, 2.05) is 37.3 Å². The molecule has 4 rings (SSSR count). The minimum atomic E-state index is -1.15. The molecule has 248 valence electrons. The molecule has 13 heteroatoms. The summed E-state index contributed by atoms with van der Waals surface area (Å²) >= 11 is 0. The molecule has 1 aliphatic heterocycles. The maximum atomic E-state index is 12.4. The molecule has 0 spiro atoms. The summed E-state index contributed by atoms with van der Waals surface area (Å²) in [6.45, 7) is 5.98. The highest BCUT2D eigenvalue weighted by Gasteiger charge is 2.32. The van der Waals surface area contributed by atoms with Gasteiger partial charge in [-0.1, -0.05) is 30.3 Å². The molecule has 0 aromatic heterocycles. The van der Waals surface area contributed by atoms with Gasteiger partial charge in [0.15, 0.2) is 17.7 Å². The van der Waals surface area contributed by atoms with Crippen LogP contribution in [0.4, 0.5) is 4.79 Å².